The van der Waals surface area contributed by atoms with Crippen molar-refractivity contribution in [1.29, 1.82) is 0 Å². The largest absolute Gasteiger partial charge is 0.371 e. The van der Waals surface area contributed by atoms with Gasteiger partial charge < -0.3 is 25.0 Å². The van der Waals surface area contributed by atoms with Crippen LogP contribution >= 0.6 is 0 Å². The predicted octanol–water partition coefficient (Wildman–Crippen LogP) is 3.88. The van der Waals surface area contributed by atoms with Crippen molar-refractivity contribution in [2.75, 3.05) is 41.8 Å². The Hall–Kier alpha value is -2.90. The third kappa shape index (κ3) is 3.34. The molecular formula is C23H24FN3O3. The third-order valence-electron chi connectivity index (χ3n) is 6.04. The van der Waals surface area contributed by atoms with E-state index in [9.17, 15) is 9.18 Å². The molecule has 1 amide bonds. The average Bonchev–Trinajstić information content (AvgIpc) is 3.32. The third-order valence-corrected chi connectivity index (χ3v) is 6.04. The van der Waals surface area contributed by atoms with Crippen molar-refractivity contribution in [1.82, 2.24) is 0 Å². The zero-order chi connectivity index (χ0) is 20.7. The molecule has 0 saturated carbocycles. The van der Waals surface area contributed by atoms with Gasteiger partial charge in [0, 0.05) is 49.1 Å². The molecule has 0 radical (unpaired) electrons. The summed E-state index contributed by atoms with van der Waals surface area (Å²) < 4.78 is 25.8. The van der Waals surface area contributed by atoms with Gasteiger partial charge in [0.05, 0.1) is 24.5 Å². The summed E-state index contributed by atoms with van der Waals surface area (Å²) in [5.74, 6) is -1.11. The number of nitrogens with zero attached hydrogens (tertiary/aromatic N) is 1. The van der Waals surface area contributed by atoms with Gasteiger partial charge in [-0.05, 0) is 42.8 Å². The quantitative estimate of drug-likeness (QED) is 0.754. The fraction of sp³-hybridized carbons (Fsp3) is 0.348. The smallest absolute Gasteiger partial charge is 0.257 e. The van der Waals surface area contributed by atoms with Crippen LogP contribution in [0.1, 0.15) is 24.0 Å². The summed E-state index contributed by atoms with van der Waals surface area (Å²) >= 11 is 0. The van der Waals surface area contributed by atoms with Crippen LogP contribution in [0.15, 0.2) is 42.6 Å². The topological polar surface area (TPSA) is 62.8 Å². The van der Waals surface area contributed by atoms with Crippen LogP contribution in [0.4, 0.5) is 21.5 Å². The highest BCUT2D eigenvalue weighted by molar-refractivity contribution is 6.31. The summed E-state index contributed by atoms with van der Waals surface area (Å²) in [5.41, 5.74) is 4.25. The van der Waals surface area contributed by atoms with Crippen LogP contribution in [-0.4, -0.2) is 38.0 Å². The van der Waals surface area contributed by atoms with Crippen LogP contribution in [0.5, 0.6) is 0 Å². The van der Waals surface area contributed by atoms with Crippen molar-refractivity contribution in [3.63, 3.8) is 0 Å². The highest BCUT2D eigenvalue weighted by atomic mass is 19.1. The summed E-state index contributed by atoms with van der Waals surface area (Å²) in [6, 6.07) is 10.7. The van der Waals surface area contributed by atoms with E-state index in [1.165, 1.54) is 11.8 Å². The molecular weight excluding hydrogens is 385 g/mol. The maximum absolute atomic E-state index is 14.2. The van der Waals surface area contributed by atoms with E-state index >= 15 is 0 Å². The number of carbonyl (C=O) groups is 1. The molecule has 2 fully saturated rings. The number of benzene rings is 2. The molecule has 1 spiro atoms. The second-order valence-electron chi connectivity index (χ2n) is 7.91. The number of rotatable bonds is 3. The molecule has 0 unspecified atom stereocenters. The molecule has 30 heavy (non-hydrogen) atoms. The van der Waals surface area contributed by atoms with Crippen LogP contribution in [0.3, 0.4) is 0 Å². The van der Waals surface area contributed by atoms with E-state index in [1.807, 2.05) is 12.1 Å². The Morgan fingerprint density at radius 2 is 1.93 bits per heavy atom. The van der Waals surface area contributed by atoms with Gasteiger partial charge in [0.1, 0.15) is 5.82 Å². The number of halogens is 1. The van der Waals surface area contributed by atoms with Crippen molar-refractivity contribution < 1.29 is 18.7 Å². The Labute approximate surface area is 174 Å². The van der Waals surface area contributed by atoms with E-state index in [0.717, 1.165) is 37.2 Å². The summed E-state index contributed by atoms with van der Waals surface area (Å²) in [5, 5.41) is 5.84. The highest BCUT2D eigenvalue weighted by Crippen LogP contribution is 2.36. The lowest BCUT2D eigenvalue weighted by Gasteiger charge is -2.39. The molecule has 5 rings (SSSR count). The Kier molecular flexibility index (Phi) is 4.72. The highest BCUT2D eigenvalue weighted by Gasteiger charge is 2.40. The van der Waals surface area contributed by atoms with E-state index in [4.69, 9.17) is 9.47 Å². The van der Waals surface area contributed by atoms with Gasteiger partial charge in [-0.25, -0.2) is 4.39 Å². The van der Waals surface area contributed by atoms with Gasteiger partial charge in [-0.15, -0.1) is 0 Å². The molecule has 7 heteroatoms. The summed E-state index contributed by atoms with van der Waals surface area (Å²) in [6.45, 7) is 5.20. The lowest BCUT2D eigenvalue weighted by atomic mass is 10.0. The van der Waals surface area contributed by atoms with Crippen molar-refractivity contribution >= 4 is 28.5 Å². The van der Waals surface area contributed by atoms with Gasteiger partial charge in [-0.1, -0.05) is 6.07 Å². The number of ether oxygens (including phenoxy) is 2. The number of aryl methyl sites for hydroxylation is 1. The van der Waals surface area contributed by atoms with Crippen LogP contribution in [-0.2, 0) is 14.3 Å². The second kappa shape index (κ2) is 7.41. The van der Waals surface area contributed by atoms with Crippen LogP contribution in [0.2, 0.25) is 0 Å². The lowest BCUT2D eigenvalue weighted by molar-refractivity contribution is -0.169. The molecule has 2 aromatic carbocycles. The molecule has 0 bridgehead atoms. The van der Waals surface area contributed by atoms with Gasteiger partial charge in [0.25, 0.3) is 5.91 Å². The first-order chi connectivity index (χ1) is 14.5. The van der Waals surface area contributed by atoms with Crippen LogP contribution in [0, 0.1) is 12.7 Å². The molecule has 0 atom stereocenters. The number of carbonyl (C=O) groups excluding carboxylic acids is 1. The standard InChI is InChI=1S/C23H24FN3O3/c1-15-13-16(25-14-17-21-18(24)3-2-4-19(21)26-22(17)28)5-6-20(15)27-9-7-23(8-10-27)29-11-12-30-23/h2-6,13-14,25H,7-12H2,1H3,(H,26,28)/b17-14+. The monoisotopic (exact) mass is 409 g/mol. The zero-order valence-electron chi connectivity index (χ0n) is 16.8. The van der Waals surface area contributed by atoms with Gasteiger partial charge >= 0.3 is 0 Å². The molecule has 2 aromatic rings. The van der Waals surface area contributed by atoms with E-state index in [2.05, 4.69) is 28.5 Å². The zero-order valence-corrected chi connectivity index (χ0v) is 16.8. The molecule has 3 heterocycles. The van der Waals surface area contributed by atoms with Crippen LogP contribution < -0.4 is 15.5 Å². The first kappa shape index (κ1) is 19.1. The molecule has 156 valence electrons. The van der Waals surface area contributed by atoms with Gasteiger partial charge in [0.2, 0.25) is 0 Å². The van der Waals surface area contributed by atoms with E-state index in [1.54, 1.807) is 18.3 Å². The number of piperidine rings is 1. The maximum Gasteiger partial charge on any atom is 0.257 e. The first-order valence-corrected chi connectivity index (χ1v) is 10.3. The molecule has 2 N–H and O–H groups in total. The maximum atomic E-state index is 14.2. The molecule has 3 aliphatic rings. The first-order valence-electron chi connectivity index (χ1n) is 10.3. The SMILES string of the molecule is Cc1cc(N/C=C2/C(=O)Nc3cccc(F)c32)ccc1N1CCC2(CC1)OCCO2. The van der Waals surface area contributed by atoms with Gasteiger partial charge in [-0.2, -0.15) is 0 Å². The normalized spacial score (nSPS) is 21.2. The van der Waals surface area contributed by atoms with Gasteiger partial charge in [-0.3, -0.25) is 4.79 Å². The van der Waals surface area contributed by atoms with Crippen molar-refractivity contribution in [3.8, 4) is 0 Å². The molecule has 6 nitrogen and oxygen atoms in total. The minimum absolute atomic E-state index is 0.294. The predicted molar refractivity (Wildman–Crippen MR) is 114 cm³/mol. The number of hydrogen-bond acceptors (Lipinski definition) is 5. The lowest BCUT2D eigenvalue weighted by Crippen LogP contribution is -2.45. The average molecular weight is 409 g/mol. The van der Waals surface area contributed by atoms with E-state index in [-0.39, 0.29) is 11.7 Å². The number of fused-ring (bicyclic) bond motifs is 1. The Morgan fingerprint density at radius 1 is 1.17 bits per heavy atom. The molecule has 0 aromatic heterocycles. The number of hydrogen-bond donors (Lipinski definition) is 2. The fourth-order valence-corrected chi connectivity index (χ4v) is 4.47. The summed E-state index contributed by atoms with van der Waals surface area (Å²) in [7, 11) is 0. The molecule has 2 saturated heterocycles. The number of amides is 1. The van der Waals surface area contributed by atoms with Crippen molar-refractivity contribution in [2.24, 2.45) is 0 Å². The minimum Gasteiger partial charge on any atom is -0.371 e. The Bertz CT molecular complexity index is 1020. The second-order valence-corrected chi connectivity index (χ2v) is 7.91. The minimum atomic E-state index is -0.413. The molecule has 0 aliphatic carbocycles. The van der Waals surface area contributed by atoms with E-state index < -0.39 is 5.82 Å². The summed E-state index contributed by atoms with van der Waals surface area (Å²) in [4.78, 5) is 14.6. The van der Waals surface area contributed by atoms with Crippen molar-refractivity contribution in [2.45, 2.75) is 25.6 Å². The van der Waals surface area contributed by atoms with E-state index in [0.29, 0.717) is 30.0 Å². The number of anilines is 3. The van der Waals surface area contributed by atoms with Crippen LogP contribution in [0.25, 0.3) is 5.57 Å². The van der Waals surface area contributed by atoms with Gasteiger partial charge in [0.15, 0.2) is 5.79 Å². The Balaban J connectivity index is 1.30. The summed E-state index contributed by atoms with van der Waals surface area (Å²) in [6.07, 6.45) is 3.29. The number of nitrogens with one attached hydrogen (secondary N) is 2. The Morgan fingerprint density at radius 3 is 2.67 bits per heavy atom. The van der Waals surface area contributed by atoms with Crippen molar-refractivity contribution in [3.05, 3.63) is 59.5 Å². The fourth-order valence-electron chi connectivity index (χ4n) is 4.47. The molecule has 3 aliphatic heterocycles.